The van der Waals surface area contributed by atoms with Gasteiger partial charge in [0.25, 0.3) is 0 Å². The molecule has 0 heterocycles. The molecule has 0 saturated carbocycles. The van der Waals surface area contributed by atoms with Gasteiger partial charge in [0, 0.05) is 6.61 Å². The smallest absolute Gasteiger partial charge is 0.111 e. The summed E-state index contributed by atoms with van der Waals surface area (Å²) in [5, 5.41) is 0. The maximum absolute atomic E-state index is 5.29. The molecule has 0 atom stereocenters. The van der Waals surface area contributed by atoms with Crippen molar-refractivity contribution in [2.24, 2.45) is 0 Å². The molecular formula is C10H20O2. The zero-order chi connectivity index (χ0) is 9.23. The molecule has 0 fully saturated rings. The van der Waals surface area contributed by atoms with E-state index in [0.29, 0.717) is 13.2 Å². The molecule has 0 rings (SSSR count). The van der Waals surface area contributed by atoms with Crippen molar-refractivity contribution >= 4 is 0 Å². The average Bonchev–Trinajstić information content (AvgIpc) is 2.11. The quantitative estimate of drug-likeness (QED) is 0.434. The predicted octanol–water partition coefficient (Wildman–Crippen LogP) is 2.74. The second-order valence-corrected chi connectivity index (χ2v) is 2.55. The zero-order valence-electron chi connectivity index (χ0n) is 8.43. The Morgan fingerprint density at radius 1 is 1.08 bits per heavy atom. The van der Waals surface area contributed by atoms with E-state index in [-0.39, 0.29) is 0 Å². The van der Waals surface area contributed by atoms with E-state index in [1.165, 1.54) is 5.57 Å². The Morgan fingerprint density at radius 2 is 1.75 bits per heavy atom. The highest BCUT2D eigenvalue weighted by atomic mass is 16.5. The van der Waals surface area contributed by atoms with E-state index < -0.39 is 0 Å². The fourth-order valence-electron chi connectivity index (χ4n) is 0.845. The van der Waals surface area contributed by atoms with Gasteiger partial charge in [0.1, 0.15) is 6.61 Å². The molecule has 0 radical (unpaired) electrons. The number of allylic oxidation sites excluding steroid dienone is 1. The van der Waals surface area contributed by atoms with Crippen LogP contribution in [-0.4, -0.2) is 19.8 Å². The summed E-state index contributed by atoms with van der Waals surface area (Å²) in [4.78, 5) is 0. The third-order valence-electron chi connectivity index (χ3n) is 1.71. The van der Waals surface area contributed by atoms with Gasteiger partial charge in [-0.2, -0.15) is 0 Å². The SMILES string of the molecule is CCOCCOC=C(CC)CC. The van der Waals surface area contributed by atoms with Gasteiger partial charge in [0.15, 0.2) is 0 Å². The topological polar surface area (TPSA) is 18.5 Å². The van der Waals surface area contributed by atoms with E-state index in [0.717, 1.165) is 19.4 Å². The lowest BCUT2D eigenvalue weighted by molar-refractivity contribution is 0.0924. The van der Waals surface area contributed by atoms with Gasteiger partial charge in [0.2, 0.25) is 0 Å². The Kier molecular flexibility index (Phi) is 8.24. The lowest BCUT2D eigenvalue weighted by Gasteiger charge is -2.03. The molecule has 0 unspecified atom stereocenters. The van der Waals surface area contributed by atoms with Gasteiger partial charge < -0.3 is 9.47 Å². The minimum Gasteiger partial charge on any atom is -0.499 e. The highest BCUT2D eigenvalue weighted by Gasteiger charge is 1.89. The molecule has 0 aromatic carbocycles. The molecule has 2 heteroatoms. The van der Waals surface area contributed by atoms with E-state index in [4.69, 9.17) is 9.47 Å². The first-order valence-corrected chi connectivity index (χ1v) is 4.72. The van der Waals surface area contributed by atoms with Crippen molar-refractivity contribution in [1.82, 2.24) is 0 Å². The van der Waals surface area contributed by atoms with Crippen molar-refractivity contribution in [3.05, 3.63) is 11.8 Å². The molecule has 0 N–H and O–H groups in total. The minimum absolute atomic E-state index is 0.664. The van der Waals surface area contributed by atoms with Crippen molar-refractivity contribution in [3.8, 4) is 0 Å². The van der Waals surface area contributed by atoms with Crippen LogP contribution in [0.25, 0.3) is 0 Å². The van der Waals surface area contributed by atoms with E-state index in [2.05, 4.69) is 13.8 Å². The molecule has 0 aliphatic rings. The molecular weight excluding hydrogens is 152 g/mol. The van der Waals surface area contributed by atoms with Crippen LogP contribution in [0, 0.1) is 0 Å². The van der Waals surface area contributed by atoms with E-state index in [1.54, 1.807) is 0 Å². The van der Waals surface area contributed by atoms with Gasteiger partial charge in [-0.25, -0.2) is 0 Å². The minimum atomic E-state index is 0.664. The Morgan fingerprint density at radius 3 is 2.25 bits per heavy atom. The van der Waals surface area contributed by atoms with Crippen LogP contribution >= 0.6 is 0 Å². The third-order valence-corrected chi connectivity index (χ3v) is 1.71. The van der Waals surface area contributed by atoms with Gasteiger partial charge in [-0.15, -0.1) is 0 Å². The molecule has 0 bridgehead atoms. The Bertz CT molecular complexity index is 113. The normalized spacial score (nSPS) is 9.58. The van der Waals surface area contributed by atoms with Crippen molar-refractivity contribution in [3.63, 3.8) is 0 Å². The highest BCUT2D eigenvalue weighted by molar-refractivity contribution is 4.95. The summed E-state index contributed by atoms with van der Waals surface area (Å²) in [5.41, 5.74) is 1.35. The molecule has 0 spiro atoms. The first-order valence-electron chi connectivity index (χ1n) is 4.72. The molecule has 0 aromatic heterocycles. The standard InChI is InChI=1S/C10H20O2/c1-4-10(5-2)9-12-8-7-11-6-3/h9H,4-8H2,1-3H3. The summed E-state index contributed by atoms with van der Waals surface area (Å²) in [7, 11) is 0. The fraction of sp³-hybridized carbons (Fsp3) is 0.800. The van der Waals surface area contributed by atoms with Gasteiger partial charge >= 0.3 is 0 Å². The highest BCUT2D eigenvalue weighted by Crippen LogP contribution is 2.04. The van der Waals surface area contributed by atoms with Gasteiger partial charge in [-0.1, -0.05) is 13.8 Å². The summed E-state index contributed by atoms with van der Waals surface area (Å²) in [6.07, 6.45) is 4.01. The Balaban J connectivity index is 3.31. The van der Waals surface area contributed by atoms with Crippen LogP contribution in [0.4, 0.5) is 0 Å². The summed E-state index contributed by atoms with van der Waals surface area (Å²) in [6.45, 7) is 8.38. The lowest BCUT2D eigenvalue weighted by atomic mass is 10.2. The number of hydrogen-bond acceptors (Lipinski definition) is 2. The molecule has 72 valence electrons. The first kappa shape index (κ1) is 11.5. The van der Waals surface area contributed by atoms with Crippen LogP contribution in [0.3, 0.4) is 0 Å². The largest absolute Gasteiger partial charge is 0.499 e. The van der Waals surface area contributed by atoms with Crippen LogP contribution in [0.15, 0.2) is 11.8 Å². The fourth-order valence-corrected chi connectivity index (χ4v) is 0.845. The van der Waals surface area contributed by atoms with Crippen molar-refractivity contribution in [1.29, 1.82) is 0 Å². The maximum atomic E-state index is 5.29. The Labute approximate surface area is 75.6 Å². The van der Waals surface area contributed by atoms with Crippen LogP contribution in [0.5, 0.6) is 0 Å². The molecule has 0 saturated heterocycles. The van der Waals surface area contributed by atoms with E-state index >= 15 is 0 Å². The monoisotopic (exact) mass is 172 g/mol. The Hall–Kier alpha value is -0.500. The number of ether oxygens (including phenoxy) is 2. The first-order chi connectivity index (χ1) is 5.85. The van der Waals surface area contributed by atoms with Crippen molar-refractivity contribution in [2.75, 3.05) is 19.8 Å². The second-order valence-electron chi connectivity index (χ2n) is 2.55. The number of rotatable bonds is 7. The molecule has 0 aliphatic carbocycles. The van der Waals surface area contributed by atoms with E-state index in [9.17, 15) is 0 Å². The molecule has 0 aromatic rings. The van der Waals surface area contributed by atoms with Gasteiger partial charge in [-0.3, -0.25) is 0 Å². The molecule has 0 amide bonds. The van der Waals surface area contributed by atoms with Crippen LogP contribution in [0.1, 0.15) is 33.6 Å². The molecule has 2 nitrogen and oxygen atoms in total. The van der Waals surface area contributed by atoms with Gasteiger partial charge in [-0.05, 0) is 25.3 Å². The van der Waals surface area contributed by atoms with Crippen LogP contribution in [-0.2, 0) is 9.47 Å². The summed E-state index contributed by atoms with van der Waals surface area (Å²) < 4.78 is 10.4. The number of hydrogen-bond donors (Lipinski definition) is 0. The summed E-state index contributed by atoms with van der Waals surface area (Å²) in [5.74, 6) is 0. The van der Waals surface area contributed by atoms with Gasteiger partial charge in [0.05, 0.1) is 12.9 Å². The summed E-state index contributed by atoms with van der Waals surface area (Å²) >= 11 is 0. The van der Waals surface area contributed by atoms with E-state index in [1.807, 2.05) is 13.2 Å². The third kappa shape index (κ3) is 6.23. The second kappa shape index (κ2) is 8.60. The molecule has 12 heavy (non-hydrogen) atoms. The van der Waals surface area contributed by atoms with Crippen LogP contribution < -0.4 is 0 Å². The van der Waals surface area contributed by atoms with Crippen molar-refractivity contribution < 1.29 is 9.47 Å². The molecule has 0 aliphatic heterocycles. The van der Waals surface area contributed by atoms with Crippen molar-refractivity contribution in [2.45, 2.75) is 33.6 Å². The van der Waals surface area contributed by atoms with Crippen LogP contribution in [0.2, 0.25) is 0 Å². The summed E-state index contributed by atoms with van der Waals surface area (Å²) in [6, 6.07) is 0. The average molecular weight is 172 g/mol. The maximum Gasteiger partial charge on any atom is 0.111 e. The lowest BCUT2D eigenvalue weighted by Crippen LogP contribution is -2.00. The zero-order valence-corrected chi connectivity index (χ0v) is 8.43. The predicted molar refractivity (Wildman–Crippen MR) is 51.1 cm³/mol.